The standard InChI is InChI=1S/C13H18BrN/c1-9-3-4-11(10(2)12(9)14)13(5-6-13)7-8-15/h3-4H,5-8,15H2,1-2H3. The number of hydrogen-bond donors (Lipinski definition) is 1. The molecule has 0 unspecified atom stereocenters. The molecule has 2 rings (SSSR count). The highest BCUT2D eigenvalue weighted by atomic mass is 79.9. The minimum atomic E-state index is 0.412. The zero-order valence-electron chi connectivity index (χ0n) is 9.44. The van der Waals surface area contributed by atoms with E-state index in [2.05, 4.69) is 41.9 Å². The van der Waals surface area contributed by atoms with Crippen molar-refractivity contribution in [2.45, 2.75) is 38.5 Å². The van der Waals surface area contributed by atoms with Gasteiger partial charge >= 0.3 is 0 Å². The van der Waals surface area contributed by atoms with Gasteiger partial charge in [-0.2, -0.15) is 0 Å². The molecule has 1 saturated carbocycles. The molecule has 1 nitrogen and oxygen atoms in total. The second-order valence-corrected chi connectivity index (χ2v) is 5.48. The minimum absolute atomic E-state index is 0.412. The maximum absolute atomic E-state index is 5.70. The molecule has 82 valence electrons. The molecular weight excluding hydrogens is 250 g/mol. The first-order valence-corrected chi connectivity index (χ1v) is 6.36. The Hall–Kier alpha value is -0.340. The van der Waals surface area contributed by atoms with Crippen LogP contribution in [0.25, 0.3) is 0 Å². The molecule has 15 heavy (non-hydrogen) atoms. The van der Waals surface area contributed by atoms with Gasteiger partial charge in [-0.25, -0.2) is 0 Å². The van der Waals surface area contributed by atoms with Crippen molar-refractivity contribution in [1.29, 1.82) is 0 Å². The first-order chi connectivity index (χ1) is 7.10. The molecule has 0 aromatic heterocycles. The summed E-state index contributed by atoms with van der Waals surface area (Å²) in [6.07, 6.45) is 3.74. The SMILES string of the molecule is Cc1ccc(C2(CCN)CC2)c(C)c1Br. The van der Waals surface area contributed by atoms with E-state index in [0.29, 0.717) is 5.41 Å². The Morgan fingerprint density at radius 1 is 1.33 bits per heavy atom. The fourth-order valence-electron chi connectivity index (χ4n) is 2.48. The van der Waals surface area contributed by atoms with Crippen LogP contribution >= 0.6 is 15.9 Å². The van der Waals surface area contributed by atoms with Crippen LogP contribution in [0.5, 0.6) is 0 Å². The van der Waals surface area contributed by atoms with Crippen LogP contribution in [0.3, 0.4) is 0 Å². The molecule has 1 fully saturated rings. The lowest BCUT2D eigenvalue weighted by Gasteiger charge is -2.19. The normalized spacial score (nSPS) is 17.9. The van der Waals surface area contributed by atoms with E-state index < -0.39 is 0 Å². The topological polar surface area (TPSA) is 26.0 Å². The second-order valence-electron chi connectivity index (χ2n) is 4.69. The maximum atomic E-state index is 5.70. The monoisotopic (exact) mass is 267 g/mol. The van der Waals surface area contributed by atoms with Crippen molar-refractivity contribution in [1.82, 2.24) is 0 Å². The molecule has 0 amide bonds. The Morgan fingerprint density at radius 3 is 2.53 bits per heavy atom. The second kappa shape index (κ2) is 3.91. The number of rotatable bonds is 3. The van der Waals surface area contributed by atoms with Crippen molar-refractivity contribution in [2.24, 2.45) is 5.73 Å². The largest absolute Gasteiger partial charge is 0.330 e. The van der Waals surface area contributed by atoms with E-state index in [4.69, 9.17) is 5.73 Å². The van der Waals surface area contributed by atoms with E-state index in [-0.39, 0.29) is 0 Å². The Kier molecular flexibility index (Phi) is 2.91. The van der Waals surface area contributed by atoms with E-state index in [1.54, 1.807) is 0 Å². The van der Waals surface area contributed by atoms with Crippen LogP contribution in [0.2, 0.25) is 0 Å². The van der Waals surface area contributed by atoms with E-state index in [9.17, 15) is 0 Å². The zero-order chi connectivity index (χ0) is 11.1. The van der Waals surface area contributed by atoms with Crippen molar-refractivity contribution < 1.29 is 0 Å². The van der Waals surface area contributed by atoms with Crippen LogP contribution < -0.4 is 5.73 Å². The first-order valence-electron chi connectivity index (χ1n) is 5.57. The van der Waals surface area contributed by atoms with Gasteiger partial charge in [-0.3, -0.25) is 0 Å². The molecule has 0 bridgehead atoms. The van der Waals surface area contributed by atoms with Crippen molar-refractivity contribution >= 4 is 15.9 Å². The Labute approximate surface area is 100 Å². The molecule has 0 spiro atoms. The van der Waals surface area contributed by atoms with Crippen molar-refractivity contribution in [2.75, 3.05) is 6.54 Å². The summed E-state index contributed by atoms with van der Waals surface area (Å²) in [5.41, 5.74) is 10.3. The molecule has 1 aliphatic rings. The van der Waals surface area contributed by atoms with Gasteiger partial charge in [0.05, 0.1) is 0 Å². The summed E-state index contributed by atoms with van der Waals surface area (Å²) < 4.78 is 1.27. The Morgan fingerprint density at radius 2 is 2.00 bits per heavy atom. The van der Waals surface area contributed by atoms with Gasteiger partial charge in [-0.1, -0.05) is 28.1 Å². The van der Waals surface area contributed by atoms with Crippen molar-refractivity contribution in [3.8, 4) is 0 Å². The first kappa shape index (κ1) is 11.2. The summed E-state index contributed by atoms with van der Waals surface area (Å²) in [5, 5.41) is 0. The van der Waals surface area contributed by atoms with Gasteiger partial charge < -0.3 is 5.73 Å². The fraction of sp³-hybridized carbons (Fsp3) is 0.538. The summed E-state index contributed by atoms with van der Waals surface area (Å²) in [6.45, 7) is 5.15. The lowest BCUT2D eigenvalue weighted by atomic mass is 9.88. The van der Waals surface area contributed by atoms with Gasteiger partial charge in [-0.05, 0) is 61.8 Å². The average molecular weight is 268 g/mol. The van der Waals surface area contributed by atoms with Gasteiger partial charge in [0.15, 0.2) is 0 Å². The fourth-order valence-corrected chi connectivity index (χ4v) is 2.82. The third-order valence-corrected chi connectivity index (χ3v) is 4.85. The van der Waals surface area contributed by atoms with Gasteiger partial charge in [0, 0.05) is 4.47 Å². The van der Waals surface area contributed by atoms with E-state index in [0.717, 1.165) is 13.0 Å². The highest BCUT2D eigenvalue weighted by Gasteiger charge is 2.44. The molecule has 2 heteroatoms. The van der Waals surface area contributed by atoms with Gasteiger partial charge in [0.25, 0.3) is 0 Å². The number of nitrogens with two attached hydrogens (primary N) is 1. The lowest BCUT2D eigenvalue weighted by molar-refractivity contribution is 0.624. The molecule has 0 heterocycles. The Balaban J connectivity index is 2.41. The number of aryl methyl sites for hydroxylation is 1. The van der Waals surface area contributed by atoms with E-state index in [1.807, 2.05) is 0 Å². The predicted molar refractivity (Wildman–Crippen MR) is 68.2 cm³/mol. The summed E-state index contributed by atoms with van der Waals surface area (Å²) in [5.74, 6) is 0. The summed E-state index contributed by atoms with van der Waals surface area (Å²) in [6, 6.07) is 4.50. The third kappa shape index (κ3) is 1.85. The molecule has 1 aliphatic carbocycles. The summed E-state index contributed by atoms with van der Waals surface area (Å²) in [4.78, 5) is 0. The molecule has 0 saturated heterocycles. The molecule has 0 radical (unpaired) electrons. The number of hydrogen-bond acceptors (Lipinski definition) is 1. The van der Waals surface area contributed by atoms with E-state index in [1.165, 1.54) is 34.0 Å². The Bertz CT molecular complexity index is 380. The average Bonchev–Trinajstić information content (AvgIpc) is 2.96. The van der Waals surface area contributed by atoms with Crippen LogP contribution in [0.1, 0.15) is 36.0 Å². The molecule has 1 aromatic carbocycles. The van der Waals surface area contributed by atoms with Crippen LogP contribution in [0.4, 0.5) is 0 Å². The molecule has 0 aliphatic heterocycles. The summed E-state index contributed by atoms with van der Waals surface area (Å²) in [7, 11) is 0. The van der Waals surface area contributed by atoms with Gasteiger partial charge in [0.1, 0.15) is 0 Å². The van der Waals surface area contributed by atoms with Crippen LogP contribution in [0, 0.1) is 13.8 Å². The van der Waals surface area contributed by atoms with Crippen molar-refractivity contribution in [3.63, 3.8) is 0 Å². The molecule has 0 atom stereocenters. The van der Waals surface area contributed by atoms with Crippen molar-refractivity contribution in [3.05, 3.63) is 33.3 Å². The van der Waals surface area contributed by atoms with Crippen LogP contribution in [-0.4, -0.2) is 6.54 Å². The van der Waals surface area contributed by atoms with Crippen LogP contribution in [0.15, 0.2) is 16.6 Å². The van der Waals surface area contributed by atoms with E-state index >= 15 is 0 Å². The highest BCUT2D eigenvalue weighted by molar-refractivity contribution is 9.10. The quantitative estimate of drug-likeness (QED) is 0.892. The molecular formula is C13H18BrN. The highest BCUT2D eigenvalue weighted by Crippen LogP contribution is 2.52. The molecule has 2 N–H and O–H groups in total. The smallest absolute Gasteiger partial charge is 0.0236 e. The van der Waals surface area contributed by atoms with Gasteiger partial charge in [0.2, 0.25) is 0 Å². The van der Waals surface area contributed by atoms with Crippen LogP contribution in [-0.2, 0) is 5.41 Å². The number of halogens is 1. The molecule has 1 aromatic rings. The number of benzene rings is 1. The lowest BCUT2D eigenvalue weighted by Crippen LogP contribution is -2.15. The zero-order valence-corrected chi connectivity index (χ0v) is 11.0. The van der Waals surface area contributed by atoms with Gasteiger partial charge in [-0.15, -0.1) is 0 Å². The maximum Gasteiger partial charge on any atom is 0.0236 e. The third-order valence-electron chi connectivity index (χ3n) is 3.63. The summed E-state index contributed by atoms with van der Waals surface area (Å²) >= 11 is 3.67. The minimum Gasteiger partial charge on any atom is -0.330 e. The predicted octanol–water partition coefficient (Wildman–Crippen LogP) is 3.45.